The molecule has 0 radical (unpaired) electrons. The van der Waals surface area contributed by atoms with E-state index in [4.69, 9.17) is 18.6 Å². The van der Waals surface area contributed by atoms with Crippen LogP contribution >= 0.6 is 0 Å². The molecule has 0 spiro atoms. The Bertz CT molecular complexity index is 853. The second kappa shape index (κ2) is 14.6. The van der Waals surface area contributed by atoms with Crippen LogP contribution in [0.2, 0.25) is 0 Å². The van der Waals surface area contributed by atoms with Gasteiger partial charge in [0.25, 0.3) is 0 Å². The van der Waals surface area contributed by atoms with Gasteiger partial charge >= 0.3 is 5.63 Å². The third kappa shape index (κ3) is 7.97. The summed E-state index contributed by atoms with van der Waals surface area (Å²) in [6.07, 6.45) is 15.7. The second-order valence-corrected chi connectivity index (χ2v) is 7.72. The number of methoxy groups -OCH3 is 1. The quantitative estimate of drug-likeness (QED) is 0.162. The van der Waals surface area contributed by atoms with Gasteiger partial charge in [0.15, 0.2) is 5.75 Å². The van der Waals surface area contributed by atoms with Crippen molar-refractivity contribution >= 4 is 11.0 Å². The van der Waals surface area contributed by atoms with Crippen molar-refractivity contribution in [3.05, 3.63) is 40.8 Å². The largest absolute Gasteiger partial charge is 0.492 e. The van der Waals surface area contributed by atoms with Crippen LogP contribution in [-0.4, -0.2) is 20.3 Å². The molecule has 0 atom stereocenters. The van der Waals surface area contributed by atoms with Gasteiger partial charge in [0.1, 0.15) is 16.7 Å². The number of benzene rings is 1. The molecule has 0 N–H and O–H groups in total. The van der Waals surface area contributed by atoms with E-state index in [0.29, 0.717) is 35.7 Å². The zero-order valence-electron chi connectivity index (χ0n) is 19.4. The lowest BCUT2D eigenvalue weighted by molar-refractivity contribution is 0.270. The van der Waals surface area contributed by atoms with E-state index < -0.39 is 5.63 Å². The molecule has 0 amide bonds. The topological polar surface area (TPSA) is 57.9 Å². The van der Waals surface area contributed by atoms with Gasteiger partial charge in [-0.05, 0) is 31.4 Å². The van der Waals surface area contributed by atoms with E-state index in [0.717, 1.165) is 25.7 Å². The Hall–Kier alpha value is -2.43. The molecular weight excluding hydrogens is 392 g/mol. The number of allylic oxidation sites excluding steroid dienone is 1. The van der Waals surface area contributed by atoms with Crippen molar-refractivity contribution in [2.24, 2.45) is 0 Å². The molecule has 2 rings (SSSR count). The summed E-state index contributed by atoms with van der Waals surface area (Å²) in [4.78, 5) is 12.5. The van der Waals surface area contributed by atoms with Gasteiger partial charge in [0, 0.05) is 0 Å². The summed E-state index contributed by atoms with van der Waals surface area (Å²) >= 11 is 0. The fraction of sp³-hybridized carbons (Fsp3) is 0.577. The van der Waals surface area contributed by atoms with Crippen molar-refractivity contribution in [2.45, 2.75) is 78.1 Å². The van der Waals surface area contributed by atoms with E-state index in [2.05, 4.69) is 26.0 Å². The van der Waals surface area contributed by atoms with E-state index in [-0.39, 0.29) is 5.75 Å². The van der Waals surface area contributed by atoms with Crippen molar-refractivity contribution in [2.75, 3.05) is 20.3 Å². The highest BCUT2D eigenvalue weighted by molar-refractivity contribution is 5.91. The minimum Gasteiger partial charge on any atom is -0.492 e. The molecule has 5 nitrogen and oxygen atoms in total. The van der Waals surface area contributed by atoms with Gasteiger partial charge in [-0.2, -0.15) is 0 Å². The highest BCUT2D eigenvalue weighted by atomic mass is 16.5. The van der Waals surface area contributed by atoms with Crippen LogP contribution in [0.15, 0.2) is 39.6 Å². The molecule has 0 fully saturated rings. The first-order chi connectivity index (χ1) is 15.2. The first kappa shape index (κ1) is 24.8. The van der Waals surface area contributed by atoms with Gasteiger partial charge in [-0.15, -0.1) is 0 Å². The van der Waals surface area contributed by atoms with Gasteiger partial charge < -0.3 is 18.6 Å². The molecular formula is C26H38O5. The van der Waals surface area contributed by atoms with Gasteiger partial charge in [0.2, 0.25) is 5.75 Å². The maximum atomic E-state index is 12.5. The van der Waals surface area contributed by atoms with Crippen molar-refractivity contribution in [3.8, 4) is 17.2 Å². The minimum absolute atomic E-state index is 0.125. The first-order valence-electron chi connectivity index (χ1n) is 11.8. The zero-order valence-corrected chi connectivity index (χ0v) is 19.4. The van der Waals surface area contributed by atoms with Crippen LogP contribution in [0.25, 0.3) is 11.0 Å². The molecule has 172 valence electrons. The smallest absolute Gasteiger partial charge is 0.383 e. The number of hydrogen-bond donors (Lipinski definition) is 0. The molecule has 0 unspecified atom stereocenters. The molecule has 0 aliphatic heterocycles. The van der Waals surface area contributed by atoms with E-state index in [1.54, 1.807) is 6.07 Å². The monoisotopic (exact) mass is 430 g/mol. The predicted molar refractivity (Wildman–Crippen MR) is 127 cm³/mol. The van der Waals surface area contributed by atoms with Crippen LogP contribution in [0.5, 0.6) is 17.2 Å². The van der Waals surface area contributed by atoms with Crippen LogP contribution in [0.3, 0.4) is 0 Å². The molecule has 1 heterocycles. The molecule has 1 aromatic carbocycles. The number of unbranched alkanes of at least 4 members (excludes halogenated alkanes) is 7. The molecule has 0 saturated heterocycles. The normalized spacial score (nSPS) is 11.3. The van der Waals surface area contributed by atoms with Crippen LogP contribution < -0.4 is 19.8 Å². The molecule has 2 aromatic rings. The highest BCUT2D eigenvalue weighted by Gasteiger charge is 2.20. The molecule has 0 aliphatic carbocycles. The molecule has 5 heteroatoms. The van der Waals surface area contributed by atoms with E-state index >= 15 is 0 Å². The van der Waals surface area contributed by atoms with Gasteiger partial charge in [-0.3, -0.25) is 0 Å². The summed E-state index contributed by atoms with van der Waals surface area (Å²) in [6, 6.07) is 5.41. The summed E-state index contributed by atoms with van der Waals surface area (Å²) in [5.74, 6) is 1.13. The maximum Gasteiger partial charge on any atom is 0.383 e. The fourth-order valence-corrected chi connectivity index (χ4v) is 3.54. The fourth-order valence-electron chi connectivity index (χ4n) is 3.54. The summed E-state index contributed by atoms with van der Waals surface area (Å²) in [6.45, 7) is 5.33. The number of fused-ring (bicyclic) bond motifs is 1. The average molecular weight is 431 g/mol. The number of rotatable bonds is 16. The standard InChI is InChI=1S/C26H38O5/c1-4-6-8-10-11-12-13-15-20-30-25-24(28-3)23-21(29-19-14-9-7-5-2)17-16-18-22(23)31-26(25)27/h7,9,16-18H,4-6,8,10-15,19-20H2,1-3H3/b9-7+. The maximum absolute atomic E-state index is 12.5. The van der Waals surface area contributed by atoms with Crippen molar-refractivity contribution in [1.82, 2.24) is 0 Å². The van der Waals surface area contributed by atoms with Crippen molar-refractivity contribution < 1.29 is 18.6 Å². The molecule has 0 bridgehead atoms. The first-order valence-corrected chi connectivity index (χ1v) is 11.8. The Morgan fingerprint density at radius 1 is 0.871 bits per heavy atom. The van der Waals surface area contributed by atoms with Crippen molar-refractivity contribution in [1.29, 1.82) is 0 Å². The Kier molecular flexibility index (Phi) is 11.7. The Labute approximate surface area is 186 Å². The number of ether oxygens (including phenoxy) is 3. The summed E-state index contributed by atoms with van der Waals surface area (Å²) < 4.78 is 22.9. The van der Waals surface area contributed by atoms with Crippen LogP contribution in [0, 0.1) is 0 Å². The van der Waals surface area contributed by atoms with E-state index in [1.165, 1.54) is 45.6 Å². The highest BCUT2D eigenvalue weighted by Crippen LogP contribution is 2.38. The zero-order chi connectivity index (χ0) is 22.3. The number of hydrogen-bond acceptors (Lipinski definition) is 5. The Balaban J connectivity index is 2.02. The lowest BCUT2D eigenvalue weighted by Crippen LogP contribution is -2.11. The van der Waals surface area contributed by atoms with Crippen LogP contribution in [0.1, 0.15) is 78.1 Å². The van der Waals surface area contributed by atoms with E-state index in [9.17, 15) is 4.79 Å². The van der Waals surface area contributed by atoms with Crippen LogP contribution in [0.4, 0.5) is 0 Å². The Morgan fingerprint density at radius 3 is 2.32 bits per heavy atom. The molecule has 0 aliphatic rings. The van der Waals surface area contributed by atoms with Gasteiger partial charge in [-0.25, -0.2) is 4.79 Å². The van der Waals surface area contributed by atoms with Crippen molar-refractivity contribution in [3.63, 3.8) is 0 Å². The van der Waals surface area contributed by atoms with Gasteiger partial charge in [-0.1, -0.05) is 77.0 Å². The lowest BCUT2D eigenvalue weighted by Gasteiger charge is -2.14. The average Bonchev–Trinajstić information content (AvgIpc) is 2.77. The SMILES string of the molecule is CC/C=C/CCOc1cccc2oc(=O)c(OCCCCCCCCCC)c(OC)c12. The minimum atomic E-state index is -0.521. The lowest BCUT2D eigenvalue weighted by atomic mass is 10.1. The Morgan fingerprint density at radius 2 is 1.61 bits per heavy atom. The summed E-state index contributed by atoms with van der Waals surface area (Å²) in [5, 5.41) is 0.634. The summed E-state index contributed by atoms with van der Waals surface area (Å²) in [7, 11) is 1.54. The summed E-state index contributed by atoms with van der Waals surface area (Å²) in [5.41, 5.74) is -0.0881. The predicted octanol–water partition coefficient (Wildman–Crippen LogP) is 7.06. The third-order valence-electron chi connectivity index (χ3n) is 5.20. The molecule has 1 aromatic heterocycles. The van der Waals surface area contributed by atoms with E-state index in [1.807, 2.05) is 12.1 Å². The third-order valence-corrected chi connectivity index (χ3v) is 5.20. The second-order valence-electron chi connectivity index (χ2n) is 7.72. The van der Waals surface area contributed by atoms with Crippen LogP contribution in [-0.2, 0) is 0 Å². The van der Waals surface area contributed by atoms with Gasteiger partial charge in [0.05, 0.1) is 20.3 Å². The molecule has 31 heavy (non-hydrogen) atoms. The molecule has 0 saturated carbocycles.